The number of anilines is 1. The molecule has 0 fully saturated rings. The predicted octanol–water partition coefficient (Wildman–Crippen LogP) is 6.95. The van der Waals surface area contributed by atoms with Gasteiger partial charge in [-0.15, -0.1) is 0 Å². The first kappa shape index (κ1) is 19.5. The van der Waals surface area contributed by atoms with E-state index in [0.717, 1.165) is 36.4 Å². The Labute approximate surface area is 176 Å². The summed E-state index contributed by atoms with van der Waals surface area (Å²) < 4.78 is 5.97. The van der Waals surface area contributed by atoms with Crippen LogP contribution in [0.5, 0.6) is 11.5 Å². The summed E-state index contributed by atoms with van der Waals surface area (Å²) >= 11 is 12.4. The lowest BCUT2D eigenvalue weighted by molar-refractivity contribution is 0.288. The SMILES string of the molecule is CC(C)CCOc1ccc2c(c1)C1C=CCC1C(c1cc(Cl)cc(Cl)c1O)N2. The summed E-state index contributed by atoms with van der Waals surface area (Å²) in [6, 6.07) is 9.55. The molecule has 3 nitrogen and oxygen atoms in total. The standard InChI is InChI=1S/C23H25Cl2NO2/c1-13(2)8-9-28-15-6-7-21-18(12-15)16-4-3-5-17(16)22(26-21)19-10-14(24)11-20(25)23(19)27/h3-4,6-7,10-13,16-17,22,26-27H,5,8-9H2,1-2H3. The molecule has 0 bridgehead atoms. The number of allylic oxidation sites excluding steroid dienone is 2. The fourth-order valence-corrected chi connectivity index (χ4v) is 4.71. The van der Waals surface area contributed by atoms with Gasteiger partial charge >= 0.3 is 0 Å². The molecule has 4 rings (SSSR count). The van der Waals surface area contributed by atoms with E-state index in [-0.39, 0.29) is 22.7 Å². The van der Waals surface area contributed by atoms with Crippen molar-refractivity contribution in [2.45, 2.75) is 38.6 Å². The van der Waals surface area contributed by atoms with Crippen molar-refractivity contribution in [2.75, 3.05) is 11.9 Å². The van der Waals surface area contributed by atoms with Crippen LogP contribution in [0.2, 0.25) is 10.0 Å². The van der Waals surface area contributed by atoms with Crippen LogP contribution in [0.25, 0.3) is 0 Å². The van der Waals surface area contributed by atoms with Gasteiger partial charge in [0.2, 0.25) is 0 Å². The fourth-order valence-electron chi connectivity index (χ4n) is 4.21. The normalized spacial score (nSPS) is 22.7. The zero-order valence-electron chi connectivity index (χ0n) is 16.1. The molecule has 2 aliphatic rings. The smallest absolute Gasteiger partial charge is 0.139 e. The summed E-state index contributed by atoms with van der Waals surface area (Å²) in [5.74, 6) is 2.20. The van der Waals surface area contributed by atoms with E-state index in [9.17, 15) is 5.11 Å². The minimum atomic E-state index is -0.0589. The summed E-state index contributed by atoms with van der Waals surface area (Å²) in [6.45, 7) is 5.13. The monoisotopic (exact) mass is 417 g/mol. The first-order valence-corrected chi connectivity index (χ1v) is 10.6. The third kappa shape index (κ3) is 3.70. The number of phenolic OH excluding ortho intramolecular Hbond substituents is 1. The van der Waals surface area contributed by atoms with Crippen LogP contribution in [0.4, 0.5) is 5.69 Å². The van der Waals surface area contributed by atoms with Crippen LogP contribution >= 0.6 is 23.2 Å². The lowest BCUT2D eigenvalue weighted by Crippen LogP contribution is -2.29. The molecule has 2 aromatic carbocycles. The molecule has 0 saturated heterocycles. The van der Waals surface area contributed by atoms with Crippen molar-refractivity contribution in [1.82, 2.24) is 0 Å². The van der Waals surface area contributed by atoms with E-state index in [1.807, 2.05) is 12.1 Å². The van der Waals surface area contributed by atoms with Crippen LogP contribution < -0.4 is 10.1 Å². The van der Waals surface area contributed by atoms with Crippen LogP contribution in [0.3, 0.4) is 0 Å². The van der Waals surface area contributed by atoms with Gasteiger partial charge in [0.15, 0.2) is 0 Å². The number of aromatic hydroxyl groups is 1. The number of rotatable bonds is 5. The highest BCUT2D eigenvalue weighted by atomic mass is 35.5. The maximum atomic E-state index is 10.6. The molecule has 0 amide bonds. The molecule has 28 heavy (non-hydrogen) atoms. The summed E-state index contributed by atoms with van der Waals surface area (Å²) in [6.07, 6.45) is 6.45. The van der Waals surface area contributed by atoms with E-state index in [1.165, 1.54) is 5.56 Å². The third-order valence-electron chi connectivity index (χ3n) is 5.69. The zero-order chi connectivity index (χ0) is 19.8. The molecule has 5 heteroatoms. The maximum Gasteiger partial charge on any atom is 0.139 e. The molecular formula is C23H25Cl2NO2. The second-order valence-electron chi connectivity index (χ2n) is 8.08. The second-order valence-corrected chi connectivity index (χ2v) is 8.92. The second kappa shape index (κ2) is 7.88. The van der Waals surface area contributed by atoms with Crippen LogP contribution in [0.1, 0.15) is 49.8 Å². The minimum absolute atomic E-state index is 0.0589. The Bertz CT molecular complexity index is 910. The van der Waals surface area contributed by atoms with Gasteiger partial charge in [-0.05, 0) is 60.6 Å². The Morgan fingerprint density at radius 3 is 2.79 bits per heavy atom. The van der Waals surface area contributed by atoms with Gasteiger partial charge in [0.25, 0.3) is 0 Å². The molecule has 3 atom stereocenters. The number of halogens is 2. The number of hydrogen-bond donors (Lipinski definition) is 2. The Morgan fingerprint density at radius 2 is 2.00 bits per heavy atom. The van der Waals surface area contributed by atoms with E-state index in [4.69, 9.17) is 27.9 Å². The quantitative estimate of drug-likeness (QED) is 0.516. The first-order valence-electron chi connectivity index (χ1n) is 9.82. The van der Waals surface area contributed by atoms with Gasteiger partial charge in [-0.25, -0.2) is 0 Å². The largest absolute Gasteiger partial charge is 0.506 e. The highest BCUT2D eigenvalue weighted by Crippen LogP contribution is 2.52. The first-order chi connectivity index (χ1) is 13.4. The van der Waals surface area contributed by atoms with E-state index < -0.39 is 0 Å². The van der Waals surface area contributed by atoms with Crippen LogP contribution in [-0.4, -0.2) is 11.7 Å². The van der Waals surface area contributed by atoms with Gasteiger partial charge in [-0.2, -0.15) is 0 Å². The van der Waals surface area contributed by atoms with Gasteiger partial charge in [-0.3, -0.25) is 0 Å². The van der Waals surface area contributed by atoms with Crippen molar-refractivity contribution in [2.24, 2.45) is 11.8 Å². The summed E-state index contributed by atoms with van der Waals surface area (Å²) in [5, 5.41) is 15.0. The summed E-state index contributed by atoms with van der Waals surface area (Å²) in [5.41, 5.74) is 3.05. The Hall–Kier alpha value is -1.84. The van der Waals surface area contributed by atoms with Gasteiger partial charge in [0.1, 0.15) is 11.5 Å². The van der Waals surface area contributed by atoms with Crippen LogP contribution in [-0.2, 0) is 0 Å². The molecule has 148 valence electrons. The molecule has 1 heterocycles. The van der Waals surface area contributed by atoms with Crippen molar-refractivity contribution < 1.29 is 9.84 Å². The van der Waals surface area contributed by atoms with Crippen molar-refractivity contribution in [3.05, 3.63) is 63.7 Å². The number of phenols is 1. The topological polar surface area (TPSA) is 41.5 Å². The van der Waals surface area contributed by atoms with E-state index >= 15 is 0 Å². The van der Waals surface area contributed by atoms with Crippen molar-refractivity contribution in [3.8, 4) is 11.5 Å². The van der Waals surface area contributed by atoms with E-state index in [1.54, 1.807) is 6.07 Å². The average Bonchev–Trinajstić information content (AvgIpc) is 3.14. The molecule has 0 spiro atoms. The number of fused-ring (bicyclic) bond motifs is 3. The Kier molecular flexibility index (Phi) is 5.48. The van der Waals surface area contributed by atoms with Crippen molar-refractivity contribution in [1.29, 1.82) is 0 Å². The molecule has 0 saturated carbocycles. The number of hydrogen-bond acceptors (Lipinski definition) is 3. The minimum Gasteiger partial charge on any atom is -0.506 e. The van der Waals surface area contributed by atoms with Crippen molar-refractivity contribution in [3.63, 3.8) is 0 Å². The van der Waals surface area contributed by atoms with Crippen LogP contribution in [0.15, 0.2) is 42.5 Å². The molecule has 0 radical (unpaired) electrons. The predicted molar refractivity (Wildman–Crippen MR) is 116 cm³/mol. The Morgan fingerprint density at radius 1 is 1.18 bits per heavy atom. The molecule has 0 aromatic heterocycles. The van der Waals surface area contributed by atoms with Crippen molar-refractivity contribution >= 4 is 28.9 Å². The lowest BCUT2D eigenvalue weighted by Gasteiger charge is -2.38. The summed E-state index contributed by atoms with van der Waals surface area (Å²) in [4.78, 5) is 0. The van der Waals surface area contributed by atoms with E-state index in [0.29, 0.717) is 16.9 Å². The molecule has 3 unspecified atom stereocenters. The number of benzene rings is 2. The third-order valence-corrected chi connectivity index (χ3v) is 6.20. The van der Waals surface area contributed by atoms with E-state index in [2.05, 4.69) is 43.4 Å². The highest BCUT2D eigenvalue weighted by molar-refractivity contribution is 6.35. The van der Waals surface area contributed by atoms with Gasteiger partial charge in [0.05, 0.1) is 17.7 Å². The molecular weight excluding hydrogens is 393 g/mol. The number of ether oxygens (including phenoxy) is 1. The lowest BCUT2D eigenvalue weighted by atomic mass is 9.77. The Balaban J connectivity index is 1.65. The summed E-state index contributed by atoms with van der Waals surface area (Å²) in [7, 11) is 0. The zero-order valence-corrected chi connectivity index (χ0v) is 17.6. The number of nitrogens with one attached hydrogen (secondary N) is 1. The molecule has 1 aliphatic heterocycles. The van der Waals surface area contributed by atoms with Gasteiger partial charge in [0, 0.05) is 22.2 Å². The van der Waals surface area contributed by atoms with Gasteiger partial charge < -0.3 is 15.2 Å². The van der Waals surface area contributed by atoms with Crippen LogP contribution in [0, 0.1) is 11.8 Å². The molecule has 1 aliphatic carbocycles. The van der Waals surface area contributed by atoms with Gasteiger partial charge in [-0.1, -0.05) is 49.2 Å². The highest BCUT2D eigenvalue weighted by Gasteiger charge is 2.39. The fraction of sp³-hybridized carbons (Fsp3) is 0.391. The molecule has 2 N–H and O–H groups in total. The maximum absolute atomic E-state index is 10.6. The average molecular weight is 418 g/mol. The molecule has 2 aromatic rings.